The van der Waals surface area contributed by atoms with Crippen LogP contribution in [0.25, 0.3) is 0 Å². The summed E-state index contributed by atoms with van der Waals surface area (Å²) in [5, 5.41) is 2.91. The van der Waals surface area contributed by atoms with Crippen LogP contribution in [0.5, 0.6) is 0 Å². The van der Waals surface area contributed by atoms with Gasteiger partial charge in [-0.15, -0.1) is 0 Å². The standard InChI is InChI=1S/C18H17NO2/c1-12(20)16-8-4-5-9-17(16)19-18(21)15-10-13-6-2-3-7-14(13)11-15/h2-9,15H,10-11H2,1H3,(H,19,21). The summed E-state index contributed by atoms with van der Waals surface area (Å²) in [7, 11) is 0. The van der Waals surface area contributed by atoms with Gasteiger partial charge in [-0.3, -0.25) is 9.59 Å². The summed E-state index contributed by atoms with van der Waals surface area (Å²) in [5.74, 6) is -0.108. The molecule has 1 aliphatic rings. The van der Waals surface area contributed by atoms with Gasteiger partial charge in [0.15, 0.2) is 5.78 Å². The summed E-state index contributed by atoms with van der Waals surface area (Å²) < 4.78 is 0. The van der Waals surface area contributed by atoms with Gasteiger partial charge in [0, 0.05) is 11.5 Å². The van der Waals surface area contributed by atoms with Crippen LogP contribution in [-0.2, 0) is 17.6 Å². The monoisotopic (exact) mass is 279 g/mol. The summed E-state index contributed by atoms with van der Waals surface area (Å²) in [6, 6.07) is 15.3. The lowest BCUT2D eigenvalue weighted by Crippen LogP contribution is -2.24. The van der Waals surface area contributed by atoms with Crippen LogP contribution in [0.1, 0.15) is 28.4 Å². The summed E-state index contributed by atoms with van der Waals surface area (Å²) in [6.07, 6.45) is 1.54. The van der Waals surface area contributed by atoms with E-state index in [-0.39, 0.29) is 17.6 Å². The van der Waals surface area contributed by atoms with Gasteiger partial charge in [0.05, 0.1) is 5.69 Å². The molecule has 1 N–H and O–H groups in total. The zero-order valence-corrected chi connectivity index (χ0v) is 11.9. The van der Waals surface area contributed by atoms with Crippen molar-refractivity contribution < 1.29 is 9.59 Å². The highest BCUT2D eigenvalue weighted by atomic mass is 16.2. The molecule has 0 heterocycles. The number of fused-ring (bicyclic) bond motifs is 1. The van der Waals surface area contributed by atoms with Gasteiger partial charge in [-0.25, -0.2) is 0 Å². The first kappa shape index (κ1) is 13.6. The molecule has 0 aliphatic heterocycles. The maximum Gasteiger partial charge on any atom is 0.228 e. The fourth-order valence-electron chi connectivity index (χ4n) is 2.88. The van der Waals surface area contributed by atoms with Gasteiger partial charge in [0.2, 0.25) is 5.91 Å². The molecule has 0 fully saturated rings. The lowest BCUT2D eigenvalue weighted by molar-refractivity contribution is -0.119. The van der Waals surface area contributed by atoms with Crippen LogP contribution in [0.3, 0.4) is 0 Å². The highest BCUT2D eigenvalue weighted by Crippen LogP contribution is 2.28. The van der Waals surface area contributed by atoms with E-state index in [2.05, 4.69) is 17.4 Å². The maximum absolute atomic E-state index is 12.4. The third-order valence-electron chi connectivity index (χ3n) is 3.99. The van der Waals surface area contributed by atoms with Crippen LogP contribution in [0.15, 0.2) is 48.5 Å². The molecular formula is C18H17NO2. The zero-order valence-electron chi connectivity index (χ0n) is 11.9. The molecule has 3 rings (SSSR count). The number of Topliss-reactive ketones (excluding diaryl/α,β-unsaturated/α-hetero) is 1. The Balaban J connectivity index is 1.76. The van der Waals surface area contributed by atoms with E-state index >= 15 is 0 Å². The summed E-state index contributed by atoms with van der Waals surface area (Å²) in [4.78, 5) is 24.0. The van der Waals surface area contributed by atoms with Crippen LogP contribution in [0.4, 0.5) is 5.69 Å². The molecule has 0 atom stereocenters. The van der Waals surface area contributed by atoms with E-state index in [9.17, 15) is 9.59 Å². The topological polar surface area (TPSA) is 46.2 Å². The molecule has 3 heteroatoms. The Morgan fingerprint density at radius 3 is 2.14 bits per heavy atom. The number of carbonyl (C=O) groups is 2. The molecule has 2 aromatic rings. The second kappa shape index (κ2) is 5.52. The van der Waals surface area contributed by atoms with E-state index in [0.29, 0.717) is 11.3 Å². The number of rotatable bonds is 3. The number of hydrogen-bond donors (Lipinski definition) is 1. The van der Waals surface area contributed by atoms with Crippen molar-refractivity contribution in [3.05, 3.63) is 65.2 Å². The average molecular weight is 279 g/mol. The van der Waals surface area contributed by atoms with Crippen LogP contribution < -0.4 is 5.32 Å². The Morgan fingerprint density at radius 2 is 1.52 bits per heavy atom. The first-order chi connectivity index (χ1) is 10.1. The van der Waals surface area contributed by atoms with Gasteiger partial charge >= 0.3 is 0 Å². The molecule has 0 unspecified atom stereocenters. The van der Waals surface area contributed by atoms with E-state index in [4.69, 9.17) is 0 Å². The SMILES string of the molecule is CC(=O)c1ccccc1NC(=O)C1Cc2ccccc2C1. The van der Waals surface area contributed by atoms with Gasteiger partial charge in [-0.05, 0) is 43.0 Å². The molecule has 0 aromatic heterocycles. The molecule has 0 bridgehead atoms. The summed E-state index contributed by atoms with van der Waals surface area (Å²) in [5.41, 5.74) is 3.65. The number of para-hydroxylation sites is 1. The Hall–Kier alpha value is -2.42. The number of benzene rings is 2. The predicted octanol–water partition coefficient (Wildman–Crippen LogP) is 3.24. The Labute approximate surface area is 124 Å². The number of amides is 1. The fraction of sp³-hybridized carbons (Fsp3) is 0.222. The molecule has 0 saturated heterocycles. The molecule has 0 spiro atoms. The summed E-state index contributed by atoms with van der Waals surface area (Å²) >= 11 is 0. The number of ketones is 1. The normalized spacial score (nSPS) is 13.8. The minimum atomic E-state index is -0.0533. The molecule has 0 saturated carbocycles. The fourth-order valence-corrected chi connectivity index (χ4v) is 2.88. The van der Waals surface area contributed by atoms with Crippen molar-refractivity contribution >= 4 is 17.4 Å². The van der Waals surface area contributed by atoms with Crippen LogP contribution >= 0.6 is 0 Å². The van der Waals surface area contributed by atoms with E-state index in [1.807, 2.05) is 18.2 Å². The smallest absolute Gasteiger partial charge is 0.228 e. The molecule has 2 aromatic carbocycles. The lowest BCUT2D eigenvalue weighted by Gasteiger charge is -2.12. The second-order valence-electron chi connectivity index (χ2n) is 5.46. The van der Waals surface area contributed by atoms with Crippen molar-refractivity contribution in [2.75, 3.05) is 5.32 Å². The third-order valence-corrected chi connectivity index (χ3v) is 3.99. The second-order valence-corrected chi connectivity index (χ2v) is 5.46. The Bertz CT molecular complexity index is 681. The third kappa shape index (κ3) is 2.72. The van der Waals surface area contributed by atoms with E-state index < -0.39 is 0 Å². The van der Waals surface area contributed by atoms with E-state index in [0.717, 1.165) is 12.8 Å². The molecular weight excluding hydrogens is 262 g/mol. The average Bonchev–Trinajstić information content (AvgIpc) is 2.91. The van der Waals surface area contributed by atoms with Crippen LogP contribution in [-0.4, -0.2) is 11.7 Å². The van der Waals surface area contributed by atoms with Crippen LogP contribution in [0, 0.1) is 5.92 Å². The molecule has 3 nitrogen and oxygen atoms in total. The Morgan fingerprint density at radius 1 is 0.952 bits per heavy atom. The Kier molecular flexibility index (Phi) is 3.57. The minimum absolute atomic E-state index is 0.0140. The number of anilines is 1. The van der Waals surface area contributed by atoms with Crippen molar-refractivity contribution in [2.24, 2.45) is 5.92 Å². The molecule has 1 aliphatic carbocycles. The molecule has 1 amide bonds. The van der Waals surface area contributed by atoms with Crippen molar-refractivity contribution in [3.63, 3.8) is 0 Å². The summed E-state index contributed by atoms with van der Waals surface area (Å²) in [6.45, 7) is 1.51. The first-order valence-corrected chi connectivity index (χ1v) is 7.13. The van der Waals surface area contributed by atoms with Gasteiger partial charge in [-0.2, -0.15) is 0 Å². The molecule has 21 heavy (non-hydrogen) atoms. The van der Waals surface area contributed by atoms with Crippen molar-refractivity contribution in [1.82, 2.24) is 0 Å². The van der Waals surface area contributed by atoms with Gasteiger partial charge < -0.3 is 5.32 Å². The van der Waals surface area contributed by atoms with Crippen LogP contribution in [0.2, 0.25) is 0 Å². The zero-order chi connectivity index (χ0) is 14.8. The highest BCUT2D eigenvalue weighted by molar-refractivity contribution is 6.04. The largest absolute Gasteiger partial charge is 0.325 e. The van der Waals surface area contributed by atoms with E-state index in [1.54, 1.807) is 18.2 Å². The van der Waals surface area contributed by atoms with Gasteiger partial charge in [0.1, 0.15) is 0 Å². The predicted molar refractivity (Wildman–Crippen MR) is 82.4 cm³/mol. The van der Waals surface area contributed by atoms with Gasteiger partial charge in [-0.1, -0.05) is 36.4 Å². The minimum Gasteiger partial charge on any atom is -0.325 e. The number of hydrogen-bond acceptors (Lipinski definition) is 2. The van der Waals surface area contributed by atoms with Crippen molar-refractivity contribution in [1.29, 1.82) is 0 Å². The first-order valence-electron chi connectivity index (χ1n) is 7.13. The van der Waals surface area contributed by atoms with Gasteiger partial charge in [0.25, 0.3) is 0 Å². The highest BCUT2D eigenvalue weighted by Gasteiger charge is 2.27. The van der Waals surface area contributed by atoms with Crippen molar-refractivity contribution in [2.45, 2.75) is 19.8 Å². The lowest BCUT2D eigenvalue weighted by atomic mass is 10.0. The quantitative estimate of drug-likeness (QED) is 0.877. The number of carbonyl (C=O) groups excluding carboxylic acids is 2. The molecule has 0 radical (unpaired) electrons. The maximum atomic E-state index is 12.4. The number of nitrogens with one attached hydrogen (secondary N) is 1. The van der Waals surface area contributed by atoms with Crippen molar-refractivity contribution in [3.8, 4) is 0 Å². The molecule has 106 valence electrons. The van der Waals surface area contributed by atoms with E-state index in [1.165, 1.54) is 18.1 Å².